The number of carboxylic acids is 1. The van der Waals surface area contributed by atoms with E-state index in [4.69, 9.17) is 0 Å². The van der Waals surface area contributed by atoms with Gasteiger partial charge in [-0.2, -0.15) is 11.8 Å². The van der Waals surface area contributed by atoms with Crippen LogP contribution in [0.2, 0.25) is 0 Å². The summed E-state index contributed by atoms with van der Waals surface area (Å²) in [7, 11) is 0. The van der Waals surface area contributed by atoms with Crippen LogP contribution < -0.4 is 10.6 Å². The molecule has 0 aromatic heterocycles. The molecule has 0 bridgehead atoms. The highest BCUT2D eigenvalue weighted by molar-refractivity contribution is 7.99. The SMILES string of the molecule is CCSC(NC(C)CC1CCCCC1)c1cc(-c2ccccc2C)c(C(=O)N[C@@H](CCSC)C(=O)O)cc1F. The van der Waals surface area contributed by atoms with E-state index >= 15 is 4.39 Å². The average Bonchev–Trinajstić information content (AvgIpc) is 2.91. The van der Waals surface area contributed by atoms with Crippen LogP contribution in [0.25, 0.3) is 11.1 Å². The smallest absolute Gasteiger partial charge is 0.326 e. The van der Waals surface area contributed by atoms with E-state index in [0.29, 0.717) is 29.2 Å². The maximum atomic E-state index is 15.8. The number of halogens is 1. The number of aryl methyl sites for hydroxylation is 1. The highest BCUT2D eigenvalue weighted by atomic mass is 32.2. The van der Waals surface area contributed by atoms with Gasteiger partial charge < -0.3 is 10.4 Å². The fourth-order valence-electron chi connectivity index (χ4n) is 5.45. The molecule has 3 atom stereocenters. The van der Waals surface area contributed by atoms with Gasteiger partial charge in [-0.05, 0) is 79.2 Å². The van der Waals surface area contributed by atoms with Crippen LogP contribution in [-0.4, -0.2) is 46.8 Å². The third kappa shape index (κ3) is 8.98. The highest BCUT2D eigenvalue weighted by Crippen LogP contribution is 2.36. The minimum Gasteiger partial charge on any atom is -0.480 e. The maximum absolute atomic E-state index is 15.8. The van der Waals surface area contributed by atoms with Gasteiger partial charge in [0.25, 0.3) is 5.91 Å². The molecule has 0 saturated heterocycles. The number of carboxylic acid groups (broad SMARTS) is 1. The molecule has 3 rings (SSSR count). The summed E-state index contributed by atoms with van der Waals surface area (Å²) in [5.41, 5.74) is 3.06. The molecule has 0 spiro atoms. The standard InChI is InChI=1S/C31H43FN2O3S2/c1-5-39-30(33-21(3)17-22-12-7-6-8-13-22)26-18-24(23-14-10-9-11-20(23)2)25(19-27(26)32)29(35)34-28(31(36)37)15-16-38-4/h9-11,14,18-19,21-22,28,30,33H,5-8,12-13,15-17H2,1-4H3,(H,34,35)(H,36,37)/t21?,28-,30?/m0/s1. The van der Waals surface area contributed by atoms with Crippen molar-refractivity contribution in [3.63, 3.8) is 0 Å². The Labute approximate surface area is 241 Å². The molecule has 2 aromatic carbocycles. The van der Waals surface area contributed by atoms with Crippen LogP contribution in [0.5, 0.6) is 0 Å². The number of carbonyl (C=O) groups excluding carboxylic acids is 1. The summed E-state index contributed by atoms with van der Waals surface area (Å²) in [4.78, 5) is 25.2. The maximum Gasteiger partial charge on any atom is 0.326 e. The second kappa shape index (κ2) is 15.7. The number of carbonyl (C=O) groups is 2. The van der Waals surface area contributed by atoms with E-state index < -0.39 is 23.7 Å². The molecule has 2 unspecified atom stereocenters. The predicted molar refractivity (Wildman–Crippen MR) is 163 cm³/mol. The van der Waals surface area contributed by atoms with Crippen molar-refractivity contribution in [3.8, 4) is 11.1 Å². The lowest BCUT2D eigenvalue weighted by molar-refractivity contribution is -0.139. The number of amides is 1. The molecule has 214 valence electrons. The lowest BCUT2D eigenvalue weighted by atomic mass is 9.85. The van der Waals surface area contributed by atoms with Gasteiger partial charge in [0.15, 0.2) is 0 Å². The Morgan fingerprint density at radius 2 is 1.85 bits per heavy atom. The number of nitrogens with one attached hydrogen (secondary N) is 2. The zero-order valence-electron chi connectivity index (χ0n) is 23.6. The minimum absolute atomic E-state index is 0.149. The molecule has 3 N–H and O–H groups in total. The second-order valence-electron chi connectivity index (χ2n) is 10.5. The van der Waals surface area contributed by atoms with Gasteiger partial charge in [-0.3, -0.25) is 10.1 Å². The van der Waals surface area contributed by atoms with E-state index in [0.717, 1.165) is 23.3 Å². The molecule has 8 heteroatoms. The first-order valence-corrected chi connectivity index (χ1v) is 16.5. The van der Waals surface area contributed by atoms with E-state index in [2.05, 4.69) is 24.5 Å². The van der Waals surface area contributed by atoms with Crippen LogP contribution in [0, 0.1) is 18.7 Å². The molecular weight excluding hydrogens is 531 g/mol. The fraction of sp³-hybridized carbons (Fsp3) is 0.548. The minimum atomic E-state index is -1.09. The number of aliphatic carboxylic acids is 1. The Bertz CT molecular complexity index is 1110. The number of hydrogen-bond donors (Lipinski definition) is 3. The Kier molecular flexibility index (Phi) is 12.7. The normalized spacial score (nSPS) is 16.4. The van der Waals surface area contributed by atoms with Crippen molar-refractivity contribution in [2.75, 3.05) is 17.8 Å². The zero-order chi connectivity index (χ0) is 28.4. The zero-order valence-corrected chi connectivity index (χ0v) is 25.2. The van der Waals surface area contributed by atoms with Crippen LogP contribution in [0.4, 0.5) is 4.39 Å². The molecule has 5 nitrogen and oxygen atoms in total. The van der Waals surface area contributed by atoms with Crippen LogP contribution in [-0.2, 0) is 4.79 Å². The summed E-state index contributed by atoms with van der Waals surface area (Å²) in [6.45, 7) is 6.20. The van der Waals surface area contributed by atoms with Crippen molar-refractivity contribution in [1.29, 1.82) is 0 Å². The van der Waals surface area contributed by atoms with E-state index in [9.17, 15) is 14.7 Å². The highest BCUT2D eigenvalue weighted by Gasteiger charge is 2.27. The van der Waals surface area contributed by atoms with Gasteiger partial charge in [0.2, 0.25) is 0 Å². The molecule has 1 saturated carbocycles. The molecule has 1 aliphatic carbocycles. The van der Waals surface area contributed by atoms with Crippen LogP contribution >= 0.6 is 23.5 Å². The van der Waals surface area contributed by atoms with Crippen molar-refractivity contribution in [2.45, 2.75) is 83.2 Å². The number of hydrogen-bond acceptors (Lipinski definition) is 5. The Morgan fingerprint density at radius 1 is 1.13 bits per heavy atom. The van der Waals surface area contributed by atoms with Gasteiger partial charge in [-0.25, -0.2) is 9.18 Å². The van der Waals surface area contributed by atoms with Crippen LogP contribution in [0.15, 0.2) is 36.4 Å². The first kappa shape index (κ1) is 31.5. The van der Waals surface area contributed by atoms with Gasteiger partial charge >= 0.3 is 5.97 Å². The first-order valence-electron chi connectivity index (χ1n) is 14.0. The first-order chi connectivity index (χ1) is 18.7. The Hall–Kier alpha value is -2.03. The third-order valence-electron chi connectivity index (χ3n) is 7.49. The summed E-state index contributed by atoms with van der Waals surface area (Å²) in [6.07, 6.45) is 9.69. The van der Waals surface area contributed by atoms with E-state index in [1.54, 1.807) is 17.8 Å². The summed E-state index contributed by atoms with van der Waals surface area (Å²) in [5, 5.41) is 15.7. The van der Waals surface area contributed by atoms with Crippen LogP contribution in [0.1, 0.15) is 85.7 Å². The lowest BCUT2D eigenvalue weighted by Gasteiger charge is -2.29. The summed E-state index contributed by atoms with van der Waals surface area (Å²) < 4.78 is 15.8. The largest absolute Gasteiger partial charge is 0.480 e. The molecule has 0 aliphatic heterocycles. The summed E-state index contributed by atoms with van der Waals surface area (Å²) in [5.74, 6) is -0.0223. The molecule has 1 aliphatic rings. The third-order valence-corrected chi connectivity index (χ3v) is 9.19. The van der Waals surface area contributed by atoms with Crippen molar-refractivity contribution in [3.05, 3.63) is 58.9 Å². The van der Waals surface area contributed by atoms with Crippen LogP contribution in [0.3, 0.4) is 0 Å². The Balaban J connectivity index is 1.97. The number of benzene rings is 2. The van der Waals surface area contributed by atoms with Gasteiger partial charge in [-0.15, -0.1) is 11.8 Å². The fourth-order valence-corrected chi connectivity index (χ4v) is 6.94. The van der Waals surface area contributed by atoms with E-state index in [-0.39, 0.29) is 17.0 Å². The predicted octanol–water partition coefficient (Wildman–Crippen LogP) is 7.44. The monoisotopic (exact) mass is 574 g/mol. The topological polar surface area (TPSA) is 78.4 Å². The van der Waals surface area contributed by atoms with Crippen molar-refractivity contribution in [2.24, 2.45) is 5.92 Å². The molecule has 1 amide bonds. The van der Waals surface area contributed by atoms with E-state index in [1.165, 1.54) is 49.9 Å². The summed E-state index contributed by atoms with van der Waals surface area (Å²) >= 11 is 3.16. The quantitative estimate of drug-likeness (QED) is 0.204. The average molecular weight is 575 g/mol. The van der Waals surface area contributed by atoms with Crippen molar-refractivity contribution in [1.82, 2.24) is 10.6 Å². The van der Waals surface area contributed by atoms with Crippen molar-refractivity contribution >= 4 is 35.4 Å². The lowest BCUT2D eigenvalue weighted by Crippen LogP contribution is -2.41. The number of thioether (sulfide) groups is 2. The van der Waals surface area contributed by atoms with Crippen molar-refractivity contribution < 1.29 is 19.1 Å². The molecule has 1 fully saturated rings. The van der Waals surface area contributed by atoms with Gasteiger partial charge in [0.05, 0.1) is 10.9 Å². The van der Waals surface area contributed by atoms with Gasteiger partial charge in [0.1, 0.15) is 11.9 Å². The summed E-state index contributed by atoms with van der Waals surface area (Å²) in [6, 6.07) is 9.98. The van der Waals surface area contributed by atoms with E-state index in [1.807, 2.05) is 37.4 Å². The van der Waals surface area contributed by atoms with Gasteiger partial charge in [0, 0.05) is 11.6 Å². The molecule has 0 heterocycles. The molecule has 0 radical (unpaired) electrons. The van der Waals surface area contributed by atoms with Gasteiger partial charge in [-0.1, -0.05) is 63.3 Å². The molecule has 39 heavy (non-hydrogen) atoms. The molecular formula is C31H43FN2O3S2. The molecule has 2 aromatic rings. The number of rotatable bonds is 14. The second-order valence-corrected chi connectivity index (χ2v) is 12.9. The Morgan fingerprint density at radius 3 is 2.49 bits per heavy atom.